The molecule has 4 atom stereocenters. The van der Waals surface area contributed by atoms with Crippen LogP contribution in [0.15, 0.2) is 18.3 Å². The van der Waals surface area contributed by atoms with Crippen LogP contribution in [0.1, 0.15) is 31.1 Å². The molecule has 0 aliphatic carbocycles. The van der Waals surface area contributed by atoms with E-state index >= 15 is 0 Å². The minimum absolute atomic E-state index is 0.0445. The average Bonchev–Trinajstić information content (AvgIpc) is 2.63. The van der Waals surface area contributed by atoms with Gasteiger partial charge in [-0.2, -0.15) is 0 Å². The van der Waals surface area contributed by atoms with Crippen molar-refractivity contribution in [1.29, 1.82) is 0 Å². The number of carbonyl (C=O) groups is 2. The Bertz CT molecular complexity index is 514. The Morgan fingerprint density at radius 2 is 1.95 bits per heavy atom. The summed E-state index contributed by atoms with van der Waals surface area (Å²) in [5.41, 5.74) is 0.0857. The first-order chi connectivity index (χ1) is 9.40. The summed E-state index contributed by atoms with van der Waals surface area (Å²) in [4.78, 5) is 26.9. The monoisotopic (exact) mass is 278 g/mol. The van der Waals surface area contributed by atoms with Gasteiger partial charge in [-0.05, 0) is 31.9 Å². The van der Waals surface area contributed by atoms with E-state index in [4.69, 9.17) is 9.84 Å². The summed E-state index contributed by atoms with van der Waals surface area (Å²) in [6, 6.07) is 2.89. The van der Waals surface area contributed by atoms with E-state index in [1.165, 1.54) is 18.3 Å². The highest BCUT2D eigenvalue weighted by Crippen LogP contribution is 2.32. The molecule has 1 aromatic rings. The highest BCUT2D eigenvalue weighted by atomic mass is 16.5. The Morgan fingerprint density at radius 3 is 2.40 bits per heavy atom. The Labute approximate surface area is 117 Å². The number of nitrogens with one attached hydrogen (secondary N) is 1. The minimum atomic E-state index is -1.05. The van der Waals surface area contributed by atoms with Crippen molar-refractivity contribution in [3.8, 4) is 0 Å². The number of aromatic nitrogens is 1. The van der Waals surface area contributed by atoms with Crippen LogP contribution in [-0.4, -0.2) is 34.2 Å². The number of aromatic carboxylic acids is 1. The van der Waals surface area contributed by atoms with Crippen molar-refractivity contribution >= 4 is 17.7 Å². The van der Waals surface area contributed by atoms with E-state index in [9.17, 15) is 9.59 Å². The van der Waals surface area contributed by atoms with Crippen molar-refractivity contribution < 1.29 is 19.4 Å². The van der Waals surface area contributed by atoms with Crippen LogP contribution in [0.3, 0.4) is 0 Å². The Hall–Kier alpha value is -1.95. The smallest absolute Gasteiger partial charge is 0.337 e. The molecule has 1 aliphatic rings. The molecule has 2 heterocycles. The molecule has 0 aromatic carbocycles. The fourth-order valence-electron chi connectivity index (χ4n) is 2.52. The number of pyridine rings is 1. The summed E-state index contributed by atoms with van der Waals surface area (Å²) in [6.07, 6.45) is 1.12. The van der Waals surface area contributed by atoms with Crippen LogP contribution in [-0.2, 0) is 9.53 Å². The molecular formula is C14H18N2O4. The third kappa shape index (κ3) is 2.80. The van der Waals surface area contributed by atoms with E-state index in [1.54, 1.807) is 0 Å². The molecule has 2 N–H and O–H groups in total. The first kappa shape index (κ1) is 14.5. The predicted molar refractivity (Wildman–Crippen MR) is 72.5 cm³/mol. The van der Waals surface area contributed by atoms with E-state index < -0.39 is 5.97 Å². The summed E-state index contributed by atoms with van der Waals surface area (Å²) in [5, 5.41) is 11.5. The van der Waals surface area contributed by atoms with E-state index in [0.29, 0.717) is 5.82 Å². The molecule has 0 bridgehead atoms. The van der Waals surface area contributed by atoms with Gasteiger partial charge in [0.1, 0.15) is 5.82 Å². The number of rotatable bonds is 3. The maximum absolute atomic E-state index is 12.3. The normalized spacial score (nSPS) is 29.1. The second-order valence-corrected chi connectivity index (χ2v) is 5.16. The zero-order valence-corrected chi connectivity index (χ0v) is 11.7. The van der Waals surface area contributed by atoms with Crippen LogP contribution in [0.5, 0.6) is 0 Å². The van der Waals surface area contributed by atoms with Crippen molar-refractivity contribution in [2.45, 2.75) is 33.0 Å². The van der Waals surface area contributed by atoms with Crippen LogP contribution in [0.2, 0.25) is 0 Å². The van der Waals surface area contributed by atoms with Gasteiger partial charge < -0.3 is 15.2 Å². The van der Waals surface area contributed by atoms with Gasteiger partial charge in [-0.3, -0.25) is 4.79 Å². The Morgan fingerprint density at radius 1 is 1.25 bits per heavy atom. The molecular weight excluding hydrogens is 260 g/mol. The van der Waals surface area contributed by atoms with Gasteiger partial charge in [0, 0.05) is 6.20 Å². The predicted octanol–water partition coefficient (Wildman–Crippen LogP) is 1.78. The van der Waals surface area contributed by atoms with E-state index in [-0.39, 0.29) is 35.5 Å². The molecule has 0 radical (unpaired) electrons. The summed E-state index contributed by atoms with van der Waals surface area (Å²) < 4.78 is 5.64. The standard InChI is InChI=1S/C14H18N2O4/c1-7-8(2)20-9(3)12(7)13(17)16-11-5-4-10(6-15-11)14(18)19/h4-9,12H,1-3H3,(H,18,19)(H,15,16,17). The number of carbonyl (C=O) groups excluding carboxylic acids is 1. The zero-order chi connectivity index (χ0) is 14.9. The maximum Gasteiger partial charge on any atom is 0.337 e. The van der Waals surface area contributed by atoms with E-state index in [0.717, 1.165) is 0 Å². The van der Waals surface area contributed by atoms with Crippen molar-refractivity contribution in [2.24, 2.45) is 11.8 Å². The molecule has 20 heavy (non-hydrogen) atoms. The molecule has 1 aliphatic heterocycles. The largest absolute Gasteiger partial charge is 0.478 e. The van der Waals surface area contributed by atoms with Gasteiger partial charge in [0.2, 0.25) is 5.91 Å². The summed E-state index contributed by atoms with van der Waals surface area (Å²) >= 11 is 0. The van der Waals surface area contributed by atoms with Gasteiger partial charge >= 0.3 is 5.97 Å². The quantitative estimate of drug-likeness (QED) is 0.879. The van der Waals surface area contributed by atoms with Crippen LogP contribution >= 0.6 is 0 Å². The van der Waals surface area contributed by atoms with Crippen LogP contribution in [0.25, 0.3) is 0 Å². The van der Waals surface area contributed by atoms with Crippen molar-refractivity contribution in [3.63, 3.8) is 0 Å². The SMILES string of the molecule is CC1OC(C)C(C(=O)Nc2ccc(C(=O)O)cn2)C1C. The zero-order valence-electron chi connectivity index (χ0n) is 11.7. The van der Waals surface area contributed by atoms with Gasteiger partial charge in [-0.15, -0.1) is 0 Å². The molecule has 108 valence electrons. The lowest BCUT2D eigenvalue weighted by Crippen LogP contribution is -2.32. The Kier molecular flexibility index (Phi) is 4.04. The lowest BCUT2D eigenvalue weighted by Gasteiger charge is -2.17. The molecule has 6 heteroatoms. The second kappa shape index (κ2) is 5.58. The van der Waals surface area contributed by atoms with E-state index in [1.807, 2.05) is 20.8 Å². The van der Waals surface area contributed by atoms with Crippen molar-refractivity contribution in [3.05, 3.63) is 23.9 Å². The molecule has 4 unspecified atom stereocenters. The average molecular weight is 278 g/mol. The van der Waals surface area contributed by atoms with Crippen molar-refractivity contribution in [2.75, 3.05) is 5.32 Å². The van der Waals surface area contributed by atoms with Gasteiger partial charge in [-0.25, -0.2) is 9.78 Å². The molecule has 6 nitrogen and oxygen atoms in total. The topological polar surface area (TPSA) is 88.5 Å². The highest BCUT2D eigenvalue weighted by Gasteiger charge is 2.41. The number of nitrogens with zero attached hydrogens (tertiary/aromatic N) is 1. The fourth-order valence-corrected chi connectivity index (χ4v) is 2.52. The maximum atomic E-state index is 12.3. The number of ether oxygens (including phenoxy) is 1. The summed E-state index contributed by atoms with van der Waals surface area (Å²) in [6.45, 7) is 5.82. The minimum Gasteiger partial charge on any atom is -0.478 e. The third-order valence-corrected chi connectivity index (χ3v) is 3.81. The molecule has 1 amide bonds. The first-order valence-electron chi connectivity index (χ1n) is 6.56. The number of amides is 1. The lowest BCUT2D eigenvalue weighted by molar-refractivity contribution is -0.122. The number of anilines is 1. The van der Waals surface area contributed by atoms with Gasteiger partial charge in [-0.1, -0.05) is 6.92 Å². The molecule has 1 saturated heterocycles. The highest BCUT2D eigenvalue weighted by molar-refractivity contribution is 5.93. The second-order valence-electron chi connectivity index (χ2n) is 5.16. The molecule has 1 aromatic heterocycles. The molecule has 0 saturated carbocycles. The van der Waals surface area contributed by atoms with Crippen LogP contribution in [0.4, 0.5) is 5.82 Å². The number of hydrogen-bond acceptors (Lipinski definition) is 4. The number of carboxylic acids is 1. The van der Waals surface area contributed by atoms with E-state index in [2.05, 4.69) is 10.3 Å². The molecule has 0 spiro atoms. The van der Waals surface area contributed by atoms with Crippen molar-refractivity contribution in [1.82, 2.24) is 4.98 Å². The number of carboxylic acid groups (broad SMARTS) is 1. The third-order valence-electron chi connectivity index (χ3n) is 3.81. The van der Waals surface area contributed by atoms with Gasteiger partial charge in [0.15, 0.2) is 0 Å². The summed E-state index contributed by atoms with van der Waals surface area (Å²) in [5.74, 6) is -0.950. The lowest BCUT2D eigenvalue weighted by atomic mass is 9.89. The van der Waals surface area contributed by atoms with Crippen LogP contribution in [0, 0.1) is 11.8 Å². The van der Waals surface area contributed by atoms with Gasteiger partial charge in [0.05, 0.1) is 23.7 Å². The molecule has 1 fully saturated rings. The fraction of sp³-hybridized carbons (Fsp3) is 0.500. The Balaban J connectivity index is 2.06. The first-order valence-corrected chi connectivity index (χ1v) is 6.56. The number of hydrogen-bond donors (Lipinski definition) is 2. The van der Waals surface area contributed by atoms with Gasteiger partial charge in [0.25, 0.3) is 0 Å². The molecule has 2 rings (SSSR count). The van der Waals surface area contributed by atoms with Crippen LogP contribution < -0.4 is 5.32 Å². The summed E-state index contributed by atoms with van der Waals surface area (Å²) in [7, 11) is 0.